The van der Waals surface area contributed by atoms with Gasteiger partial charge in [0.25, 0.3) is 0 Å². The van der Waals surface area contributed by atoms with Gasteiger partial charge >= 0.3 is 12.2 Å². The molecule has 8 heteroatoms. The highest BCUT2D eigenvalue weighted by Gasteiger charge is 2.34. The summed E-state index contributed by atoms with van der Waals surface area (Å²) in [6.07, 6.45) is -3.71. The first-order valence-electron chi connectivity index (χ1n) is 7.77. The van der Waals surface area contributed by atoms with Crippen LogP contribution < -0.4 is 15.4 Å². The molecule has 0 aliphatic carbocycles. The highest BCUT2D eigenvalue weighted by Crippen LogP contribution is 2.24. The van der Waals surface area contributed by atoms with Crippen LogP contribution in [0.15, 0.2) is 24.3 Å². The number of methoxy groups -OCH3 is 1. The van der Waals surface area contributed by atoms with E-state index in [4.69, 9.17) is 4.74 Å². The average molecular weight is 345 g/mol. The number of likely N-dealkylation sites (tertiary alicyclic amines) is 1. The zero-order valence-corrected chi connectivity index (χ0v) is 13.7. The predicted molar refractivity (Wildman–Crippen MR) is 84.0 cm³/mol. The SMILES string of the molecule is COc1ccccc1[C@@H](C)NC(=O)N[C@H]1CCN(CC(F)(F)F)C1. The maximum atomic E-state index is 12.4. The third-order valence-corrected chi connectivity index (χ3v) is 3.96. The van der Waals surface area contributed by atoms with E-state index >= 15 is 0 Å². The first-order chi connectivity index (χ1) is 11.3. The summed E-state index contributed by atoms with van der Waals surface area (Å²) in [5.41, 5.74) is 0.834. The highest BCUT2D eigenvalue weighted by molar-refractivity contribution is 5.75. The lowest BCUT2D eigenvalue weighted by Crippen LogP contribution is -2.44. The molecule has 1 aliphatic heterocycles. The summed E-state index contributed by atoms with van der Waals surface area (Å²) in [5, 5.41) is 5.52. The summed E-state index contributed by atoms with van der Waals surface area (Å²) >= 11 is 0. The Bertz CT molecular complexity index is 566. The summed E-state index contributed by atoms with van der Waals surface area (Å²) in [6, 6.07) is 6.38. The largest absolute Gasteiger partial charge is 0.496 e. The summed E-state index contributed by atoms with van der Waals surface area (Å²) in [5.74, 6) is 0.669. The van der Waals surface area contributed by atoms with Gasteiger partial charge in [0.05, 0.1) is 19.7 Å². The molecule has 1 heterocycles. The van der Waals surface area contributed by atoms with Gasteiger partial charge < -0.3 is 15.4 Å². The van der Waals surface area contributed by atoms with Crippen LogP contribution in [0.1, 0.15) is 24.9 Å². The van der Waals surface area contributed by atoms with Crippen LogP contribution in [0.25, 0.3) is 0 Å². The van der Waals surface area contributed by atoms with E-state index in [9.17, 15) is 18.0 Å². The number of nitrogens with zero attached hydrogens (tertiary/aromatic N) is 1. The summed E-state index contributed by atoms with van der Waals surface area (Å²) in [6.45, 7) is 1.41. The van der Waals surface area contributed by atoms with Gasteiger partial charge in [-0.05, 0) is 19.4 Å². The Morgan fingerprint density at radius 3 is 2.79 bits per heavy atom. The van der Waals surface area contributed by atoms with Crippen molar-refractivity contribution in [2.45, 2.75) is 31.6 Å². The maximum Gasteiger partial charge on any atom is 0.401 e. The van der Waals surface area contributed by atoms with Crippen LogP contribution in [-0.4, -0.2) is 49.9 Å². The Morgan fingerprint density at radius 2 is 2.12 bits per heavy atom. The molecule has 0 aromatic heterocycles. The number of hydrogen-bond acceptors (Lipinski definition) is 3. The van der Waals surface area contributed by atoms with Gasteiger partial charge in [0.15, 0.2) is 0 Å². The van der Waals surface area contributed by atoms with Crippen LogP contribution in [-0.2, 0) is 0 Å². The average Bonchev–Trinajstić information content (AvgIpc) is 2.91. The van der Waals surface area contributed by atoms with E-state index in [1.54, 1.807) is 13.2 Å². The van der Waals surface area contributed by atoms with Gasteiger partial charge in [-0.1, -0.05) is 18.2 Å². The molecule has 134 valence electrons. The minimum Gasteiger partial charge on any atom is -0.496 e. The second-order valence-electron chi connectivity index (χ2n) is 5.92. The number of hydrogen-bond donors (Lipinski definition) is 2. The Morgan fingerprint density at radius 1 is 1.42 bits per heavy atom. The van der Waals surface area contributed by atoms with E-state index in [0.29, 0.717) is 18.7 Å². The summed E-state index contributed by atoms with van der Waals surface area (Å²) in [7, 11) is 1.55. The fourth-order valence-electron chi connectivity index (χ4n) is 2.87. The van der Waals surface area contributed by atoms with E-state index in [-0.39, 0.29) is 18.6 Å². The third-order valence-electron chi connectivity index (χ3n) is 3.96. The van der Waals surface area contributed by atoms with Crippen molar-refractivity contribution in [1.82, 2.24) is 15.5 Å². The lowest BCUT2D eigenvalue weighted by atomic mass is 10.1. The van der Waals surface area contributed by atoms with E-state index < -0.39 is 18.8 Å². The zero-order chi connectivity index (χ0) is 17.7. The van der Waals surface area contributed by atoms with Gasteiger partial charge in [0, 0.05) is 24.7 Å². The van der Waals surface area contributed by atoms with Crippen molar-refractivity contribution in [2.24, 2.45) is 0 Å². The van der Waals surface area contributed by atoms with Gasteiger partial charge in [-0.3, -0.25) is 4.90 Å². The molecule has 5 nitrogen and oxygen atoms in total. The minimum absolute atomic E-state index is 0.204. The molecule has 2 atom stereocenters. The molecule has 0 saturated carbocycles. The molecule has 2 amide bonds. The molecule has 1 aromatic carbocycles. The topological polar surface area (TPSA) is 53.6 Å². The summed E-state index contributed by atoms with van der Waals surface area (Å²) < 4.78 is 42.4. The Balaban J connectivity index is 1.83. The number of halogens is 3. The molecule has 1 aliphatic rings. The molecule has 0 spiro atoms. The van der Waals surface area contributed by atoms with Crippen LogP contribution in [0.4, 0.5) is 18.0 Å². The maximum absolute atomic E-state index is 12.4. The molecule has 1 aromatic rings. The number of urea groups is 1. The van der Waals surface area contributed by atoms with Gasteiger partial charge in [-0.15, -0.1) is 0 Å². The number of benzene rings is 1. The van der Waals surface area contributed by atoms with Crippen LogP contribution in [0.3, 0.4) is 0 Å². The molecule has 0 unspecified atom stereocenters. The normalized spacial score (nSPS) is 19.8. The second-order valence-corrected chi connectivity index (χ2v) is 5.92. The Labute approximate surface area is 139 Å². The number of nitrogens with one attached hydrogen (secondary N) is 2. The van der Waals surface area contributed by atoms with Crippen molar-refractivity contribution in [3.8, 4) is 5.75 Å². The van der Waals surface area contributed by atoms with Crippen molar-refractivity contribution in [3.63, 3.8) is 0 Å². The van der Waals surface area contributed by atoms with Gasteiger partial charge in [-0.25, -0.2) is 4.79 Å². The van der Waals surface area contributed by atoms with Crippen LogP contribution in [0, 0.1) is 0 Å². The first kappa shape index (κ1) is 18.4. The summed E-state index contributed by atoms with van der Waals surface area (Å²) in [4.78, 5) is 13.4. The standard InChI is InChI=1S/C16H22F3N3O2/c1-11(13-5-3-4-6-14(13)24-2)20-15(23)21-12-7-8-22(9-12)10-16(17,18)19/h3-6,11-12H,7-10H2,1-2H3,(H2,20,21,23)/t11-,12+/m1/s1. The van der Waals surface area contributed by atoms with Crippen LogP contribution in [0.2, 0.25) is 0 Å². The monoisotopic (exact) mass is 345 g/mol. The van der Waals surface area contributed by atoms with Crippen LogP contribution in [0.5, 0.6) is 5.75 Å². The van der Waals surface area contributed by atoms with E-state index in [1.165, 1.54) is 4.90 Å². The van der Waals surface area contributed by atoms with Crippen molar-refractivity contribution >= 4 is 6.03 Å². The highest BCUT2D eigenvalue weighted by atomic mass is 19.4. The second kappa shape index (κ2) is 7.74. The van der Waals surface area contributed by atoms with Gasteiger partial charge in [0.1, 0.15) is 5.75 Å². The molecule has 0 radical (unpaired) electrons. The molecular weight excluding hydrogens is 323 g/mol. The number of carbonyl (C=O) groups excluding carboxylic acids is 1. The lowest BCUT2D eigenvalue weighted by Gasteiger charge is -2.20. The minimum atomic E-state index is -4.21. The van der Waals surface area contributed by atoms with Crippen molar-refractivity contribution in [3.05, 3.63) is 29.8 Å². The number of alkyl halides is 3. The molecule has 1 fully saturated rings. The fraction of sp³-hybridized carbons (Fsp3) is 0.562. The Kier molecular flexibility index (Phi) is 5.93. The Hall–Kier alpha value is -1.96. The molecular formula is C16H22F3N3O2. The quantitative estimate of drug-likeness (QED) is 0.863. The molecule has 0 bridgehead atoms. The van der Waals surface area contributed by atoms with Gasteiger partial charge in [0.2, 0.25) is 0 Å². The predicted octanol–water partition coefficient (Wildman–Crippen LogP) is 2.69. The van der Waals surface area contributed by atoms with Crippen molar-refractivity contribution < 1.29 is 22.7 Å². The first-order valence-corrected chi connectivity index (χ1v) is 7.77. The number of amides is 2. The fourth-order valence-corrected chi connectivity index (χ4v) is 2.87. The molecule has 24 heavy (non-hydrogen) atoms. The third kappa shape index (κ3) is 5.30. The van der Waals surface area contributed by atoms with E-state index in [2.05, 4.69) is 10.6 Å². The van der Waals surface area contributed by atoms with E-state index in [0.717, 1.165) is 5.56 Å². The number of carbonyl (C=O) groups is 1. The molecule has 2 rings (SSSR count). The smallest absolute Gasteiger partial charge is 0.401 e. The van der Waals surface area contributed by atoms with Crippen LogP contribution >= 0.6 is 0 Å². The zero-order valence-electron chi connectivity index (χ0n) is 13.7. The number of ether oxygens (including phenoxy) is 1. The lowest BCUT2D eigenvalue weighted by molar-refractivity contribution is -0.143. The van der Waals surface area contributed by atoms with Crippen molar-refractivity contribution in [1.29, 1.82) is 0 Å². The number of para-hydroxylation sites is 1. The molecule has 2 N–H and O–H groups in total. The van der Waals surface area contributed by atoms with Gasteiger partial charge in [-0.2, -0.15) is 13.2 Å². The number of rotatable bonds is 5. The molecule has 1 saturated heterocycles. The van der Waals surface area contributed by atoms with E-state index in [1.807, 2.05) is 25.1 Å². The van der Waals surface area contributed by atoms with Crippen molar-refractivity contribution in [2.75, 3.05) is 26.7 Å².